The van der Waals surface area contributed by atoms with Crippen LogP contribution in [-0.2, 0) is 12.7 Å². The van der Waals surface area contributed by atoms with Gasteiger partial charge in [0.25, 0.3) is 5.56 Å². The van der Waals surface area contributed by atoms with Crippen LogP contribution in [0.5, 0.6) is 0 Å². The van der Waals surface area contributed by atoms with Gasteiger partial charge in [0.15, 0.2) is 0 Å². The molecule has 4 aromatic rings. The van der Waals surface area contributed by atoms with Gasteiger partial charge in [-0.1, -0.05) is 6.07 Å². The Balaban J connectivity index is 1.42. The molecule has 0 radical (unpaired) electrons. The normalized spacial score (nSPS) is 18.9. The highest BCUT2D eigenvalue weighted by Gasteiger charge is 2.32. The zero-order valence-corrected chi connectivity index (χ0v) is 18.2. The second kappa shape index (κ2) is 8.72. The van der Waals surface area contributed by atoms with Gasteiger partial charge in [-0.3, -0.25) is 14.9 Å². The number of alkyl halides is 3. The topological polar surface area (TPSA) is 83.8 Å². The third kappa shape index (κ3) is 4.48. The zero-order valence-electron chi connectivity index (χ0n) is 18.2. The van der Waals surface area contributed by atoms with Crippen molar-refractivity contribution in [3.05, 3.63) is 82.2 Å². The fourth-order valence-corrected chi connectivity index (χ4v) is 4.62. The second-order valence-corrected chi connectivity index (χ2v) is 8.80. The standard InChI is InChI=1S/C25H23F3N4O2/c26-25(27,28)22-11-15(7-9-29-22)14-32-10-8-18(13-23(32)34)17-3-6-21-20(12-17)24(31-30-21)16-1-4-19(33)5-2-16/h3,6-13,16,19,33H,1-2,4-5,14H2,(H,30,31)/t16-,19-. The van der Waals surface area contributed by atoms with Crippen LogP contribution in [0.2, 0.25) is 0 Å². The van der Waals surface area contributed by atoms with Crippen LogP contribution in [0.4, 0.5) is 13.2 Å². The summed E-state index contributed by atoms with van der Waals surface area (Å²) in [6.45, 7) is 0.0170. The molecule has 1 aliphatic rings. The molecule has 0 unspecified atom stereocenters. The van der Waals surface area contributed by atoms with Crippen LogP contribution >= 0.6 is 0 Å². The number of benzene rings is 1. The molecule has 34 heavy (non-hydrogen) atoms. The largest absolute Gasteiger partial charge is 0.433 e. The molecule has 6 nitrogen and oxygen atoms in total. The molecule has 0 spiro atoms. The summed E-state index contributed by atoms with van der Waals surface area (Å²) in [6, 6.07) is 11.5. The van der Waals surface area contributed by atoms with Crippen LogP contribution < -0.4 is 5.56 Å². The average Bonchev–Trinajstić information content (AvgIpc) is 3.24. The van der Waals surface area contributed by atoms with E-state index in [9.17, 15) is 23.1 Å². The van der Waals surface area contributed by atoms with E-state index in [1.165, 1.54) is 16.7 Å². The third-order valence-electron chi connectivity index (χ3n) is 6.47. The van der Waals surface area contributed by atoms with Crippen molar-refractivity contribution >= 4 is 10.9 Å². The maximum atomic E-state index is 12.9. The molecular weight excluding hydrogens is 445 g/mol. The van der Waals surface area contributed by atoms with E-state index < -0.39 is 11.9 Å². The number of hydrogen-bond donors (Lipinski definition) is 2. The number of rotatable bonds is 4. The first-order valence-corrected chi connectivity index (χ1v) is 11.2. The minimum absolute atomic E-state index is 0.0170. The monoisotopic (exact) mass is 468 g/mol. The molecule has 1 saturated carbocycles. The van der Waals surface area contributed by atoms with Crippen LogP contribution in [0, 0.1) is 0 Å². The van der Waals surface area contributed by atoms with Gasteiger partial charge >= 0.3 is 6.18 Å². The molecule has 0 atom stereocenters. The summed E-state index contributed by atoms with van der Waals surface area (Å²) in [5.74, 6) is 0.280. The van der Waals surface area contributed by atoms with Gasteiger partial charge in [0.1, 0.15) is 5.69 Å². The quantitative estimate of drug-likeness (QED) is 0.448. The van der Waals surface area contributed by atoms with Gasteiger partial charge < -0.3 is 9.67 Å². The first-order chi connectivity index (χ1) is 16.3. The first kappa shape index (κ1) is 22.3. The number of aromatic nitrogens is 4. The zero-order chi connectivity index (χ0) is 23.9. The molecule has 1 aliphatic carbocycles. The molecule has 9 heteroatoms. The molecule has 5 rings (SSSR count). The molecule has 3 heterocycles. The number of hydrogen-bond acceptors (Lipinski definition) is 4. The lowest BCUT2D eigenvalue weighted by molar-refractivity contribution is -0.141. The van der Waals surface area contributed by atoms with E-state index in [1.54, 1.807) is 12.3 Å². The van der Waals surface area contributed by atoms with Gasteiger partial charge in [0.2, 0.25) is 0 Å². The predicted octanol–water partition coefficient (Wildman–Crippen LogP) is 4.87. The average molecular weight is 468 g/mol. The minimum atomic E-state index is -4.53. The molecule has 1 aromatic carbocycles. The summed E-state index contributed by atoms with van der Waals surface area (Å²) >= 11 is 0. The second-order valence-electron chi connectivity index (χ2n) is 8.80. The fourth-order valence-electron chi connectivity index (χ4n) is 4.62. The van der Waals surface area contributed by atoms with Crippen molar-refractivity contribution in [3.8, 4) is 11.1 Å². The Morgan fingerprint density at radius 3 is 2.53 bits per heavy atom. The molecule has 176 valence electrons. The highest BCUT2D eigenvalue weighted by atomic mass is 19.4. The lowest BCUT2D eigenvalue weighted by atomic mass is 9.84. The van der Waals surface area contributed by atoms with Crippen LogP contribution in [-0.4, -0.2) is 31.0 Å². The van der Waals surface area contributed by atoms with Gasteiger partial charge in [0, 0.05) is 29.8 Å². The van der Waals surface area contributed by atoms with Crippen molar-refractivity contribution in [2.45, 2.75) is 50.4 Å². The number of aliphatic hydroxyl groups is 1. The summed E-state index contributed by atoms with van der Waals surface area (Å²) in [5.41, 5.74) is 2.53. The van der Waals surface area contributed by atoms with Crippen molar-refractivity contribution in [2.75, 3.05) is 0 Å². The molecule has 0 aliphatic heterocycles. The smallest absolute Gasteiger partial charge is 0.393 e. The highest BCUT2D eigenvalue weighted by molar-refractivity contribution is 5.87. The van der Waals surface area contributed by atoms with Gasteiger partial charge in [0.05, 0.1) is 23.9 Å². The predicted molar refractivity (Wildman–Crippen MR) is 121 cm³/mol. The molecule has 0 bridgehead atoms. The number of nitrogens with one attached hydrogen (secondary N) is 1. The highest BCUT2D eigenvalue weighted by Crippen LogP contribution is 2.36. The van der Waals surface area contributed by atoms with Gasteiger partial charge in [-0.25, -0.2) is 0 Å². The van der Waals surface area contributed by atoms with Crippen LogP contribution in [0.1, 0.15) is 48.6 Å². The first-order valence-electron chi connectivity index (χ1n) is 11.2. The van der Waals surface area contributed by atoms with Gasteiger partial charge in [-0.15, -0.1) is 0 Å². The van der Waals surface area contributed by atoms with Crippen molar-refractivity contribution in [3.63, 3.8) is 0 Å². The van der Waals surface area contributed by atoms with Crippen LogP contribution in [0.3, 0.4) is 0 Å². The van der Waals surface area contributed by atoms with E-state index in [4.69, 9.17) is 0 Å². The van der Waals surface area contributed by atoms with Gasteiger partial charge in [-0.05, 0) is 72.7 Å². The third-order valence-corrected chi connectivity index (χ3v) is 6.47. The Bertz CT molecular complexity index is 1380. The van der Waals surface area contributed by atoms with Crippen LogP contribution in [0.15, 0.2) is 59.7 Å². The molecule has 0 saturated heterocycles. The number of aliphatic hydroxyl groups excluding tert-OH is 1. The Morgan fingerprint density at radius 1 is 1.03 bits per heavy atom. The van der Waals surface area contributed by atoms with Gasteiger partial charge in [-0.2, -0.15) is 18.3 Å². The van der Waals surface area contributed by atoms with E-state index in [0.29, 0.717) is 5.56 Å². The molecular formula is C25H23F3N4O2. The number of nitrogens with zero attached hydrogens (tertiary/aromatic N) is 3. The Kier molecular flexibility index (Phi) is 5.73. The Morgan fingerprint density at radius 2 is 1.79 bits per heavy atom. The van der Waals surface area contributed by atoms with Crippen molar-refractivity contribution < 1.29 is 18.3 Å². The van der Waals surface area contributed by atoms with Crippen molar-refractivity contribution in [1.82, 2.24) is 19.7 Å². The SMILES string of the molecule is O=c1cc(-c2ccc3[nH]nc([C@H]4CC[C@H](O)CC4)c3c2)ccn1Cc1ccnc(C(F)(F)F)c1. The number of H-pyrrole nitrogens is 1. The molecule has 0 amide bonds. The number of aromatic amines is 1. The molecule has 2 N–H and O–H groups in total. The van der Waals surface area contributed by atoms with E-state index in [-0.39, 0.29) is 24.1 Å². The van der Waals surface area contributed by atoms with Crippen molar-refractivity contribution in [2.24, 2.45) is 0 Å². The number of fused-ring (bicyclic) bond motifs is 1. The van der Waals surface area contributed by atoms with E-state index in [2.05, 4.69) is 15.2 Å². The molecule has 3 aromatic heterocycles. The summed E-state index contributed by atoms with van der Waals surface area (Å²) < 4.78 is 40.2. The summed E-state index contributed by atoms with van der Waals surface area (Å²) in [4.78, 5) is 16.1. The molecule has 1 fully saturated rings. The van der Waals surface area contributed by atoms with E-state index in [0.717, 1.165) is 65.7 Å². The minimum Gasteiger partial charge on any atom is -0.393 e. The fraction of sp³-hybridized carbons (Fsp3) is 0.320. The van der Waals surface area contributed by atoms with Crippen molar-refractivity contribution in [1.29, 1.82) is 0 Å². The lowest BCUT2D eigenvalue weighted by Crippen LogP contribution is -2.19. The Hall–Kier alpha value is -3.46. The summed E-state index contributed by atoms with van der Waals surface area (Å²) in [5, 5.41) is 18.4. The van der Waals surface area contributed by atoms with E-state index in [1.807, 2.05) is 18.2 Å². The number of halogens is 3. The Labute approximate surface area is 193 Å². The maximum absolute atomic E-state index is 12.9. The maximum Gasteiger partial charge on any atom is 0.433 e. The summed E-state index contributed by atoms with van der Waals surface area (Å²) in [6.07, 6.45) is 1.20. The number of pyridine rings is 2. The lowest BCUT2D eigenvalue weighted by Gasteiger charge is -2.24. The van der Waals surface area contributed by atoms with E-state index >= 15 is 0 Å². The summed E-state index contributed by atoms with van der Waals surface area (Å²) in [7, 11) is 0. The van der Waals surface area contributed by atoms with Crippen LogP contribution in [0.25, 0.3) is 22.0 Å².